The Morgan fingerprint density at radius 3 is 2.44 bits per heavy atom. The minimum absolute atomic E-state index is 0.357. The van der Waals surface area contributed by atoms with E-state index in [9.17, 15) is 14.0 Å². The van der Waals surface area contributed by atoms with Crippen LogP contribution in [-0.2, 0) is 0 Å². The van der Waals surface area contributed by atoms with Crippen LogP contribution in [-0.4, -0.2) is 20.9 Å². The van der Waals surface area contributed by atoms with Gasteiger partial charge in [0.15, 0.2) is 0 Å². The van der Waals surface area contributed by atoms with E-state index in [2.05, 4.69) is 5.10 Å². The van der Waals surface area contributed by atoms with Gasteiger partial charge in [-0.1, -0.05) is 0 Å². The van der Waals surface area contributed by atoms with Crippen LogP contribution in [0, 0.1) is 5.82 Å². The van der Waals surface area contributed by atoms with Crippen molar-refractivity contribution in [2.24, 2.45) is 0 Å². The number of aromatic carboxylic acids is 1. The fraction of sp³-hybridized carbons (Fsp3) is 0. The maximum atomic E-state index is 12.6. The predicted molar refractivity (Wildman–Crippen MR) is 53.3 cm³/mol. The highest BCUT2D eigenvalue weighted by Crippen LogP contribution is 2.07. The summed E-state index contributed by atoms with van der Waals surface area (Å²) in [5.74, 6) is -1.71. The number of hydrogen-bond donors (Lipinski definition) is 2. The Labute approximate surface area is 88.7 Å². The molecule has 0 aliphatic carbocycles. The van der Waals surface area contributed by atoms with Gasteiger partial charge in [-0.2, -0.15) is 0 Å². The number of halogens is 1. The van der Waals surface area contributed by atoms with Crippen LogP contribution in [0.5, 0.6) is 0 Å². The van der Waals surface area contributed by atoms with E-state index < -0.39 is 17.3 Å². The van der Waals surface area contributed by atoms with Crippen LogP contribution in [0.3, 0.4) is 0 Å². The van der Waals surface area contributed by atoms with Crippen molar-refractivity contribution in [2.45, 2.75) is 0 Å². The summed E-state index contributed by atoms with van der Waals surface area (Å²) in [6.45, 7) is 0. The molecule has 82 valence electrons. The van der Waals surface area contributed by atoms with E-state index in [0.717, 1.165) is 6.20 Å². The Hall–Kier alpha value is -2.37. The number of benzene rings is 1. The summed E-state index contributed by atoms with van der Waals surface area (Å²) in [4.78, 5) is 21.8. The number of aromatic amines is 1. The number of carbonyl (C=O) groups is 1. The standard InChI is InChI=1S/C10H7FN2O3/c11-6-1-3-7(4-2-6)13-5-8(10(15)16)9(14)12-13/h1-5H,(H,12,14)(H,15,16). The fourth-order valence-electron chi connectivity index (χ4n) is 1.28. The maximum Gasteiger partial charge on any atom is 0.342 e. The van der Waals surface area contributed by atoms with Gasteiger partial charge in [0.05, 0.1) is 5.69 Å². The van der Waals surface area contributed by atoms with Crippen molar-refractivity contribution in [1.29, 1.82) is 0 Å². The third-order valence-electron chi connectivity index (χ3n) is 2.06. The van der Waals surface area contributed by atoms with Crippen molar-refractivity contribution in [3.8, 4) is 5.69 Å². The van der Waals surface area contributed by atoms with Gasteiger partial charge in [0.2, 0.25) is 0 Å². The van der Waals surface area contributed by atoms with Crippen LogP contribution in [0.4, 0.5) is 4.39 Å². The van der Waals surface area contributed by atoms with Gasteiger partial charge in [0, 0.05) is 6.20 Å². The van der Waals surface area contributed by atoms with Gasteiger partial charge in [-0.15, -0.1) is 0 Å². The molecule has 0 radical (unpaired) electrons. The molecule has 0 atom stereocenters. The highest BCUT2D eigenvalue weighted by Gasteiger charge is 2.11. The average Bonchev–Trinajstić information content (AvgIpc) is 2.61. The summed E-state index contributed by atoms with van der Waals surface area (Å²) < 4.78 is 13.9. The molecule has 1 aromatic heterocycles. The van der Waals surface area contributed by atoms with Gasteiger partial charge in [0.25, 0.3) is 5.56 Å². The lowest BCUT2D eigenvalue weighted by molar-refractivity contribution is 0.0695. The highest BCUT2D eigenvalue weighted by atomic mass is 19.1. The summed E-state index contributed by atoms with van der Waals surface area (Å²) >= 11 is 0. The molecule has 0 amide bonds. The number of rotatable bonds is 2. The van der Waals surface area contributed by atoms with Crippen molar-refractivity contribution in [3.63, 3.8) is 0 Å². The summed E-state index contributed by atoms with van der Waals surface area (Å²) in [6.07, 6.45) is 1.15. The number of hydrogen-bond acceptors (Lipinski definition) is 2. The normalized spacial score (nSPS) is 10.3. The summed E-state index contributed by atoms with van der Waals surface area (Å²) in [7, 11) is 0. The first kappa shape index (κ1) is 10.2. The van der Waals surface area contributed by atoms with Gasteiger partial charge in [-0.05, 0) is 24.3 Å². The van der Waals surface area contributed by atoms with Gasteiger partial charge >= 0.3 is 5.97 Å². The number of carboxylic acid groups (broad SMARTS) is 1. The number of nitrogens with one attached hydrogen (secondary N) is 1. The monoisotopic (exact) mass is 222 g/mol. The van der Waals surface area contributed by atoms with E-state index in [1.165, 1.54) is 28.9 Å². The van der Waals surface area contributed by atoms with Crippen molar-refractivity contribution >= 4 is 5.97 Å². The third-order valence-corrected chi connectivity index (χ3v) is 2.06. The average molecular weight is 222 g/mol. The van der Waals surface area contributed by atoms with Crippen LogP contribution in [0.25, 0.3) is 5.69 Å². The first-order chi connectivity index (χ1) is 7.58. The summed E-state index contributed by atoms with van der Waals surface area (Å²) in [5.41, 5.74) is -0.577. The molecule has 2 rings (SSSR count). The van der Waals surface area contributed by atoms with Crippen molar-refractivity contribution < 1.29 is 14.3 Å². The molecule has 0 unspecified atom stereocenters. The molecule has 0 saturated carbocycles. The molecule has 1 heterocycles. The first-order valence-electron chi connectivity index (χ1n) is 4.39. The van der Waals surface area contributed by atoms with Crippen LogP contribution in [0.1, 0.15) is 10.4 Å². The van der Waals surface area contributed by atoms with E-state index in [1.807, 2.05) is 0 Å². The molecule has 6 heteroatoms. The Bertz CT molecular complexity index is 583. The molecule has 2 aromatic rings. The summed E-state index contributed by atoms with van der Waals surface area (Å²) in [5, 5.41) is 11.0. The number of nitrogens with zero attached hydrogens (tertiary/aromatic N) is 1. The van der Waals surface area contributed by atoms with E-state index in [1.54, 1.807) is 0 Å². The Morgan fingerprint density at radius 1 is 1.31 bits per heavy atom. The molecule has 0 saturated heterocycles. The van der Waals surface area contributed by atoms with Gasteiger partial charge in [0.1, 0.15) is 11.4 Å². The molecule has 1 aromatic carbocycles. The Balaban J connectivity index is 2.49. The Morgan fingerprint density at radius 2 is 1.94 bits per heavy atom. The molecule has 16 heavy (non-hydrogen) atoms. The molecule has 0 aliphatic heterocycles. The molecule has 0 fully saturated rings. The maximum absolute atomic E-state index is 12.6. The molecule has 5 nitrogen and oxygen atoms in total. The molecule has 0 bridgehead atoms. The van der Waals surface area contributed by atoms with Crippen molar-refractivity contribution in [3.05, 3.63) is 52.2 Å². The van der Waals surface area contributed by atoms with Crippen molar-refractivity contribution in [1.82, 2.24) is 9.78 Å². The second-order valence-electron chi connectivity index (χ2n) is 3.14. The minimum atomic E-state index is -1.30. The van der Waals surface area contributed by atoms with Crippen LogP contribution in [0.2, 0.25) is 0 Å². The van der Waals surface area contributed by atoms with E-state index in [4.69, 9.17) is 5.11 Å². The predicted octanol–water partition coefficient (Wildman–Crippen LogP) is 1.00. The zero-order valence-corrected chi connectivity index (χ0v) is 7.98. The molecule has 0 spiro atoms. The molecular weight excluding hydrogens is 215 g/mol. The lowest BCUT2D eigenvalue weighted by atomic mass is 10.3. The second kappa shape index (κ2) is 3.65. The molecule has 2 N–H and O–H groups in total. The van der Waals surface area contributed by atoms with E-state index in [0.29, 0.717) is 5.69 Å². The SMILES string of the molecule is O=C(O)c1cn(-c2ccc(F)cc2)[nH]c1=O. The molecular formula is C10H7FN2O3. The second-order valence-corrected chi connectivity index (χ2v) is 3.14. The van der Waals surface area contributed by atoms with Crippen LogP contribution in [0.15, 0.2) is 35.3 Å². The minimum Gasteiger partial charge on any atom is -0.477 e. The third kappa shape index (κ3) is 1.72. The van der Waals surface area contributed by atoms with E-state index >= 15 is 0 Å². The van der Waals surface area contributed by atoms with Crippen LogP contribution >= 0.6 is 0 Å². The van der Waals surface area contributed by atoms with Gasteiger partial charge in [-0.25, -0.2) is 9.18 Å². The number of aromatic nitrogens is 2. The van der Waals surface area contributed by atoms with Crippen molar-refractivity contribution in [2.75, 3.05) is 0 Å². The Kier molecular flexibility index (Phi) is 2.32. The smallest absolute Gasteiger partial charge is 0.342 e. The fourth-order valence-corrected chi connectivity index (χ4v) is 1.28. The molecule has 0 aliphatic rings. The largest absolute Gasteiger partial charge is 0.477 e. The number of carboxylic acids is 1. The topological polar surface area (TPSA) is 75.1 Å². The zero-order chi connectivity index (χ0) is 11.7. The summed E-state index contributed by atoms with van der Waals surface area (Å²) in [6, 6.07) is 5.29. The van der Waals surface area contributed by atoms with E-state index in [-0.39, 0.29) is 5.56 Å². The quantitative estimate of drug-likeness (QED) is 0.796. The lowest BCUT2D eigenvalue weighted by Crippen LogP contribution is -2.11. The number of H-pyrrole nitrogens is 1. The zero-order valence-electron chi connectivity index (χ0n) is 7.98. The van der Waals surface area contributed by atoms with Gasteiger partial charge in [-0.3, -0.25) is 14.6 Å². The van der Waals surface area contributed by atoms with Crippen LogP contribution < -0.4 is 5.56 Å². The highest BCUT2D eigenvalue weighted by molar-refractivity contribution is 5.86. The van der Waals surface area contributed by atoms with Gasteiger partial charge < -0.3 is 5.11 Å². The lowest BCUT2D eigenvalue weighted by Gasteiger charge is -2.00. The first-order valence-corrected chi connectivity index (χ1v) is 4.39.